The first-order valence-electron chi connectivity index (χ1n) is 6.76. The molecule has 2 aliphatic carbocycles. The van der Waals surface area contributed by atoms with Crippen LogP contribution < -0.4 is 0 Å². The molecule has 0 atom stereocenters. The van der Waals surface area contributed by atoms with Gasteiger partial charge in [-0.1, -0.05) is 0 Å². The van der Waals surface area contributed by atoms with E-state index in [-0.39, 0.29) is 12.5 Å². The lowest BCUT2D eigenvalue weighted by atomic mass is 9.79. The molecule has 0 aromatic heterocycles. The standard InChI is InChI=1S/C13H23NO3/c1-2-17-12-7-10(8-12)9-13(16)14(5-6-15)11-3-4-11/h10-12,15H,2-9H2,1H3. The van der Waals surface area contributed by atoms with Crippen LogP contribution >= 0.6 is 0 Å². The van der Waals surface area contributed by atoms with Gasteiger partial charge in [-0.15, -0.1) is 0 Å². The van der Waals surface area contributed by atoms with Crippen LogP contribution in [-0.4, -0.2) is 47.8 Å². The Morgan fingerprint density at radius 1 is 1.41 bits per heavy atom. The van der Waals surface area contributed by atoms with Gasteiger partial charge in [-0.25, -0.2) is 0 Å². The summed E-state index contributed by atoms with van der Waals surface area (Å²) in [5.74, 6) is 0.723. The molecule has 0 aromatic rings. The molecule has 1 amide bonds. The van der Waals surface area contributed by atoms with Crippen molar-refractivity contribution in [1.82, 2.24) is 4.90 Å². The third kappa shape index (κ3) is 3.42. The van der Waals surface area contributed by atoms with Crippen LogP contribution in [-0.2, 0) is 9.53 Å². The molecule has 98 valence electrons. The van der Waals surface area contributed by atoms with Gasteiger partial charge in [0.1, 0.15) is 0 Å². The fourth-order valence-corrected chi connectivity index (χ4v) is 2.58. The van der Waals surface area contributed by atoms with Gasteiger partial charge < -0.3 is 14.7 Å². The molecular formula is C13H23NO3. The molecule has 4 heteroatoms. The van der Waals surface area contributed by atoms with Gasteiger partial charge in [0.25, 0.3) is 0 Å². The monoisotopic (exact) mass is 241 g/mol. The number of hydrogen-bond donors (Lipinski definition) is 1. The smallest absolute Gasteiger partial charge is 0.223 e. The Balaban J connectivity index is 1.69. The third-order valence-corrected chi connectivity index (χ3v) is 3.71. The van der Waals surface area contributed by atoms with Crippen molar-refractivity contribution in [1.29, 1.82) is 0 Å². The normalized spacial score (nSPS) is 27.6. The van der Waals surface area contributed by atoms with Gasteiger partial charge in [0.15, 0.2) is 0 Å². The third-order valence-electron chi connectivity index (χ3n) is 3.71. The van der Waals surface area contributed by atoms with Crippen LogP contribution in [0.4, 0.5) is 0 Å². The van der Waals surface area contributed by atoms with Crippen LogP contribution in [0.2, 0.25) is 0 Å². The largest absolute Gasteiger partial charge is 0.395 e. The first-order chi connectivity index (χ1) is 8.24. The molecule has 0 saturated heterocycles. The molecule has 0 aromatic carbocycles. The number of carbonyl (C=O) groups is 1. The van der Waals surface area contributed by atoms with E-state index in [1.54, 1.807) is 0 Å². The number of nitrogens with zero attached hydrogens (tertiary/aromatic N) is 1. The zero-order valence-electron chi connectivity index (χ0n) is 10.6. The van der Waals surface area contributed by atoms with Crippen molar-refractivity contribution < 1.29 is 14.6 Å². The van der Waals surface area contributed by atoms with E-state index >= 15 is 0 Å². The molecule has 17 heavy (non-hydrogen) atoms. The molecule has 2 fully saturated rings. The van der Waals surface area contributed by atoms with Crippen molar-refractivity contribution in [3.8, 4) is 0 Å². The van der Waals surface area contributed by atoms with E-state index < -0.39 is 0 Å². The SMILES string of the molecule is CCOC1CC(CC(=O)N(CCO)C2CC2)C1. The van der Waals surface area contributed by atoms with Crippen molar-refractivity contribution in [2.24, 2.45) is 5.92 Å². The minimum absolute atomic E-state index is 0.0779. The lowest BCUT2D eigenvalue weighted by Crippen LogP contribution is -2.40. The van der Waals surface area contributed by atoms with Crippen LogP contribution in [0.1, 0.15) is 39.0 Å². The highest BCUT2D eigenvalue weighted by Crippen LogP contribution is 2.34. The van der Waals surface area contributed by atoms with Gasteiger partial charge in [0.05, 0.1) is 12.7 Å². The highest BCUT2D eigenvalue weighted by atomic mass is 16.5. The second kappa shape index (κ2) is 5.83. The van der Waals surface area contributed by atoms with Crippen molar-refractivity contribution >= 4 is 5.91 Å². The number of aliphatic hydroxyl groups is 1. The van der Waals surface area contributed by atoms with Gasteiger partial charge in [-0.2, -0.15) is 0 Å². The lowest BCUT2D eigenvalue weighted by molar-refractivity contribution is -0.135. The Bertz CT molecular complexity index is 259. The number of amides is 1. The van der Waals surface area contributed by atoms with Crippen LogP contribution in [0.5, 0.6) is 0 Å². The van der Waals surface area contributed by atoms with Gasteiger partial charge in [-0.3, -0.25) is 4.79 Å². The molecule has 1 N–H and O–H groups in total. The number of aliphatic hydroxyl groups excluding tert-OH is 1. The summed E-state index contributed by atoms with van der Waals surface area (Å²) in [6.07, 6.45) is 5.29. The van der Waals surface area contributed by atoms with Crippen molar-refractivity contribution in [2.45, 2.75) is 51.2 Å². The summed E-state index contributed by atoms with van der Waals surface area (Å²) in [6.45, 7) is 3.36. The summed E-state index contributed by atoms with van der Waals surface area (Å²) in [5, 5.41) is 8.97. The molecule has 0 aliphatic heterocycles. The van der Waals surface area contributed by atoms with E-state index in [9.17, 15) is 4.79 Å². The lowest BCUT2D eigenvalue weighted by Gasteiger charge is -2.35. The molecule has 0 spiro atoms. The maximum atomic E-state index is 12.1. The Hall–Kier alpha value is -0.610. The number of rotatable bonds is 7. The van der Waals surface area contributed by atoms with E-state index in [1.807, 2.05) is 11.8 Å². The number of carbonyl (C=O) groups excluding carboxylic acids is 1. The van der Waals surface area contributed by atoms with Gasteiger partial charge in [0, 0.05) is 25.6 Å². The first-order valence-corrected chi connectivity index (χ1v) is 6.76. The van der Waals surface area contributed by atoms with Gasteiger partial charge >= 0.3 is 0 Å². The van der Waals surface area contributed by atoms with Crippen LogP contribution in [0.15, 0.2) is 0 Å². The molecule has 2 aliphatic rings. The van der Waals surface area contributed by atoms with E-state index in [4.69, 9.17) is 9.84 Å². The van der Waals surface area contributed by atoms with Crippen LogP contribution in [0, 0.1) is 5.92 Å². The Labute approximate surface area is 103 Å². The minimum atomic E-state index is 0.0779. The fourth-order valence-electron chi connectivity index (χ4n) is 2.58. The summed E-state index contributed by atoms with van der Waals surface area (Å²) in [7, 11) is 0. The Morgan fingerprint density at radius 3 is 2.65 bits per heavy atom. The summed E-state index contributed by atoms with van der Waals surface area (Å²) < 4.78 is 5.49. The van der Waals surface area contributed by atoms with Gasteiger partial charge in [-0.05, 0) is 38.5 Å². The predicted molar refractivity (Wildman–Crippen MR) is 64.6 cm³/mol. The average molecular weight is 241 g/mol. The molecule has 0 heterocycles. The molecule has 4 nitrogen and oxygen atoms in total. The quantitative estimate of drug-likeness (QED) is 0.728. The van der Waals surface area contributed by atoms with E-state index in [1.165, 1.54) is 0 Å². The van der Waals surface area contributed by atoms with E-state index in [2.05, 4.69) is 0 Å². The van der Waals surface area contributed by atoms with Crippen molar-refractivity contribution in [2.75, 3.05) is 19.8 Å². The van der Waals surface area contributed by atoms with Crippen molar-refractivity contribution in [3.63, 3.8) is 0 Å². The maximum Gasteiger partial charge on any atom is 0.223 e. The summed E-state index contributed by atoms with van der Waals surface area (Å²) in [4.78, 5) is 13.9. The van der Waals surface area contributed by atoms with Crippen LogP contribution in [0.3, 0.4) is 0 Å². The van der Waals surface area contributed by atoms with E-state index in [0.29, 0.717) is 31.0 Å². The zero-order chi connectivity index (χ0) is 12.3. The van der Waals surface area contributed by atoms with Crippen molar-refractivity contribution in [3.05, 3.63) is 0 Å². The molecule has 0 unspecified atom stereocenters. The highest BCUT2D eigenvalue weighted by molar-refractivity contribution is 5.77. The number of ether oxygens (including phenoxy) is 1. The van der Waals surface area contributed by atoms with E-state index in [0.717, 1.165) is 32.3 Å². The Morgan fingerprint density at radius 2 is 2.12 bits per heavy atom. The molecule has 2 rings (SSSR count). The Kier molecular flexibility index (Phi) is 4.40. The average Bonchev–Trinajstić information content (AvgIpc) is 3.06. The molecular weight excluding hydrogens is 218 g/mol. The summed E-state index contributed by atoms with van der Waals surface area (Å²) >= 11 is 0. The number of hydrogen-bond acceptors (Lipinski definition) is 3. The van der Waals surface area contributed by atoms with Crippen LogP contribution in [0.25, 0.3) is 0 Å². The minimum Gasteiger partial charge on any atom is -0.395 e. The molecule has 0 radical (unpaired) electrons. The first kappa shape index (κ1) is 12.8. The fraction of sp³-hybridized carbons (Fsp3) is 0.923. The topological polar surface area (TPSA) is 49.8 Å². The molecule has 2 saturated carbocycles. The second-order valence-electron chi connectivity index (χ2n) is 5.16. The summed E-state index contributed by atoms with van der Waals surface area (Å²) in [5.41, 5.74) is 0. The maximum absolute atomic E-state index is 12.1. The predicted octanol–water partition coefficient (Wildman–Crippen LogP) is 1.17. The zero-order valence-corrected chi connectivity index (χ0v) is 10.6. The molecule has 0 bridgehead atoms. The highest BCUT2D eigenvalue weighted by Gasteiger charge is 2.36. The summed E-state index contributed by atoms with van der Waals surface area (Å²) in [6, 6.07) is 0.414. The van der Waals surface area contributed by atoms with Gasteiger partial charge in [0.2, 0.25) is 5.91 Å². The second-order valence-corrected chi connectivity index (χ2v) is 5.16.